The summed E-state index contributed by atoms with van der Waals surface area (Å²) in [5.41, 5.74) is 8.43. The van der Waals surface area contributed by atoms with Gasteiger partial charge in [-0.3, -0.25) is 9.89 Å². The number of nitrogens with zero attached hydrogens (tertiary/aromatic N) is 2. The van der Waals surface area contributed by atoms with Crippen molar-refractivity contribution in [2.24, 2.45) is 0 Å². The number of aromatic nitrogens is 2. The zero-order chi connectivity index (χ0) is 14.1. The standard InChI is InChI=1S/C14H16N4O2/c1-9(19)18-4-5-20-13-3-2-10(6-11(13)8-18)12-7-14(15)17-16-12/h2-3,6-7H,4-5,8H2,1H3,(H3,15,16,17). The molecular formula is C14H16N4O2. The highest BCUT2D eigenvalue weighted by Gasteiger charge is 2.18. The van der Waals surface area contributed by atoms with Crippen LogP contribution in [0.3, 0.4) is 0 Å². The Balaban J connectivity index is 1.96. The van der Waals surface area contributed by atoms with Gasteiger partial charge in [-0.25, -0.2) is 0 Å². The van der Waals surface area contributed by atoms with Crippen LogP contribution in [0, 0.1) is 0 Å². The molecule has 1 aromatic heterocycles. The van der Waals surface area contributed by atoms with Crippen molar-refractivity contribution in [3.8, 4) is 17.0 Å². The smallest absolute Gasteiger partial charge is 0.219 e. The summed E-state index contributed by atoms with van der Waals surface area (Å²) in [4.78, 5) is 13.3. The molecule has 0 radical (unpaired) electrons. The first-order valence-corrected chi connectivity index (χ1v) is 6.46. The van der Waals surface area contributed by atoms with Crippen molar-refractivity contribution in [2.45, 2.75) is 13.5 Å². The second-order valence-corrected chi connectivity index (χ2v) is 4.82. The number of benzene rings is 1. The average Bonchev–Trinajstić information content (AvgIpc) is 2.74. The maximum Gasteiger partial charge on any atom is 0.219 e. The van der Waals surface area contributed by atoms with E-state index < -0.39 is 0 Å². The summed E-state index contributed by atoms with van der Waals surface area (Å²) in [6.07, 6.45) is 0. The van der Waals surface area contributed by atoms with Crippen LogP contribution in [0.15, 0.2) is 24.3 Å². The lowest BCUT2D eigenvalue weighted by Crippen LogP contribution is -2.30. The highest BCUT2D eigenvalue weighted by molar-refractivity contribution is 5.73. The van der Waals surface area contributed by atoms with Crippen molar-refractivity contribution < 1.29 is 9.53 Å². The number of H-pyrrole nitrogens is 1. The minimum absolute atomic E-state index is 0.0534. The van der Waals surface area contributed by atoms with Crippen LogP contribution >= 0.6 is 0 Å². The van der Waals surface area contributed by atoms with Crippen molar-refractivity contribution in [1.82, 2.24) is 15.1 Å². The maximum atomic E-state index is 11.6. The van der Waals surface area contributed by atoms with Gasteiger partial charge in [0.2, 0.25) is 5.91 Å². The first kappa shape index (κ1) is 12.5. The fourth-order valence-corrected chi connectivity index (χ4v) is 2.32. The van der Waals surface area contributed by atoms with Crippen molar-refractivity contribution in [2.75, 3.05) is 18.9 Å². The minimum Gasteiger partial charge on any atom is -0.491 e. The Bertz CT molecular complexity index is 650. The second-order valence-electron chi connectivity index (χ2n) is 4.82. The van der Waals surface area contributed by atoms with Gasteiger partial charge in [-0.15, -0.1) is 0 Å². The molecule has 0 fully saturated rings. The van der Waals surface area contributed by atoms with Crippen LogP contribution in [0.1, 0.15) is 12.5 Å². The van der Waals surface area contributed by atoms with Crippen molar-refractivity contribution >= 4 is 11.7 Å². The first-order valence-electron chi connectivity index (χ1n) is 6.46. The van der Waals surface area contributed by atoms with Crippen LogP contribution in [0.4, 0.5) is 5.82 Å². The van der Waals surface area contributed by atoms with E-state index in [1.165, 1.54) is 0 Å². The number of aromatic amines is 1. The predicted molar refractivity (Wildman–Crippen MR) is 75.0 cm³/mol. The number of hydrogen-bond acceptors (Lipinski definition) is 4. The quantitative estimate of drug-likeness (QED) is 0.821. The first-order chi connectivity index (χ1) is 9.63. The van der Waals surface area contributed by atoms with Gasteiger partial charge in [-0.2, -0.15) is 5.10 Å². The third-order valence-electron chi connectivity index (χ3n) is 3.39. The number of ether oxygens (including phenoxy) is 1. The third-order valence-corrected chi connectivity index (χ3v) is 3.39. The molecule has 0 saturated carbocycles. The highest BCUT2D eigenvalue weighted by atomic mass is 16.5. The van der Waals surface area contributed by atoms with Crippen LogP contribution in [0.5, 0.6) is 5.75 Å². The Morgan fingerprint density at radius 3 is 3.00 bits per heavy atom. The normalized spacial score (nSPS) is 14.3. The molecular weight excluding hydrogens is 256 g/mol. The van der Waals surface area contributed by atoms with E-state index in [-0.39, 0.29) is 5.91 Å². The second kappa shape index (κ2) is 4.88. The zero-order valence-electron chi connectivity index (χ0n) is 11.2. The molecule has 6 nitrogen and oxygen atoms in total. The number of carbonyl (C=O) groups is 1. The molecule has 0 spiro atoms. The Morgan fingerprint density at radius 1 is 1.45 bits per heavy atom. The van der Waals surface area contributed by atoms with Gasteiger partial charge < -0.3 is 15.4 Å². The maximum absolute atomic E-state index is 11.6. The predicted octanol–water partition coefficient (Wildman–Crippen LogP) is 1.40. The molecule has 1 amide bonds. The summed E-state index contributed by atoms with van der Waals surface area (Å²) in [5, 5.41) is 6.81. The number of nitrogen functional groups attached to an aromatic ring is 1. The monoisotopic (exact) mass is 272 g/mol. The van der Waals surface area contributed by atoms with Crippen molar-refractivity contribution in [3.63, 3.8) is 0 Å². The summed E-state index contributed by atoms with van der Waals surface area (Å²) < 4.78 is 5.68. The van der Waals surface area contributed by atoms with E-state index in [2.05, 4.69) is 10.2 Å². The van der Waals surface area contributed by atoms with E-state index >= 15 is 0 Å². The molecule has 1 aliphatic rings. The summed E-state index contributed by atoms with van der Waals surface area (Å²) >= 11 is 0. The molecule has 0 saturated heterocycles. The lowest BCUT2D eigenvalue weighted by atomic mass is 10.1. The number of carbonyl (C=O) groups excluding carboxylic acids is 1. The van der Waals surface area contributed by atoms with Crippen molar-refractivity contribution in [1.29, 1.82) is 0 Å². The molecule has 0 bridgehead atoms. The number of fused-ring (bicyclic) bond motifs is 1. The van der Waals surface area contributed by atoms with Gasteiger partial charge in [0, 0.05) is 30.7 Å². The zero-order valence-corrected chi connectivity index (χ0v) is 11.2. The van der Waals surface area contributed by atoms with Gasteiger partial charge in [0.15, 0.2) is 0 Å². The topological polar surface area (TPSA) is 84.2 Å². The molecule has 1 aromatic carbocycles. The number of rotatable bonds is 1. The Hall–Kier alpha value is -2.50. The van der Waals surface area contributed by atoms with Gasteiger partial charge in [0.05, 0.1) is 12.2 Å². The Morgan fingerprint density at radius 2 is 2.30 bits per heavy atom. The number of anilines is 1. The van der Waals surface area contributed by atoms with Gasteiger partial charge in [0.1, 0.15) is 18.2 Å². The Labute approximate surface area is 116 Å². The summed E-state index contributed by atoms with van der Waals surface area (Å²) in [7, 11) is 0. The fourth-order valence-electron chi connectivity index (χ4n) is 2.32. The highest BCUT2D eigenvalue weighted by Crippen LogP contribution is 2.29. The molecule has 6 heteroatoms. The molecule has 0 aliphatic carbocycles. The van der Waals surface area contributed by atoms with Gasteiger partial charge in [-0.05, 0) is 18.2 Å². The van der Waals surface area contributed by atoms with Crippen LogP contribution in [-0.4, -0.2) is 34.2 Å². The Kier molecular flexibility index (Phi) is 3.06. The number of nitrogens with one attached hydrogen (secondary N) is 1. The van der Waals surface area contributed by atoms with E-state index in [9.17, 15) is 4.79 Å². The summed E-state index contributed by atoms with van der Waals surface area (Å²) in [5.74, 6) is 1.33. The van der Waals surface area contributed by atoms with E-state index in [0.29, 0.717) is 25.5 Å². The molecule has 2 heterocycles. The van der Waals surface area contributed by atoms with Gasteiger partial charge in [0.25, 0.3) is 0 Å². The lowest BCUT2D eigenvalue weighted by Gasteiger charge is -2.17. The molecule has 2 aromatic rings. The van der Waals surface area contributed by atoms with Crippen molar-refractivity contribution in [3.05, 3.63) is 29.8 Å². The minimum atomic E-state index is 0.0534. The van der Waals surface area contributed by atoms with Gasteiger partial charge >= 0.3 is 0 Å². The molecule has 3 N–H and O–H groups in total. The van der Waals surface area contributed by atoms with E-state index in [1.807, 2.05) is 18.2 Å². The average molecular weight is 272 g/mol. The van der Waals surface area contributed by atoms with E-state index in [1.54, 1.807) is 17.9 Å². The number of nitrogens with two attached hydrogens (primary N) is 1. The van der Waals surface area contributed by atoms with Crippen LogP contribution in [0.25, 0.3) is 11.3 Å². The van der Waals surface area contributed by atoms with Crippen LogP contribution in [-0.2, 0) is 11.3 Å². The third kappa shape index (κ3) is 2.32. The number of amides is 1. The van der Waals surface area contributed by atoms with E-state index in [0.717, 1.165) is 22.6 Å². The van der Waals surface area contributed by atoms with Crippen LogP contribution in [0.2, 0.25) is 0 Å². The lowest BCUT2D eigenvalue weighted by molar-refractivity contribution is -0.129. The molecule has 1 aliphatic heterocycles. The fraction of sp³-hybridized carbons (Fsp3) is 0.286. The number of hydrogen-bond donors (Lipinski definition) is 2. The largest absolute Gasteiger partial charge is 0.491 e. The SMILES string of the molecule is CC(=O)N1CCOc2ccc(-c3cc(N)n[nH]3)cc2C1. The van der Waals surface area contributed by atoms with Gasteiger partial charge in [-0.1, -0.05) is 0 Å². The molecule has 0 atom stereocenters. The summed E-state index contributed by atoms with van der Waals surface area (Å²) in [6.45, 7) is 3.26. The molecule has 0 unspecified atom stereocenters. The van der Waals surface area contributed by atoms with Crippen LogP contribution < -0.4 is 10.5 Å². The van der Waals surface area contributed by atoms with E-state index in [4.69, 9.17) is 10.5 Å². The molecule has 20 heavy (non-hydrogen) atoms. The molecule has 3 rings (SSSR count). The summed E-state index contributed by atoms with van der Waals surface area (Å²) in [6, 6.07) is 7.66. The molecule has 104 valence electrons.